The predicted octanol–water partition coefficient (Wildman–Crippen LogP) is 1.33. The molecule has 64 valence electrons. The smallest absolute Gasteiger partial charge is 0.0534 e. The molecule has 1 fully saturated rings. The van der Waals surface area contributed by atoms with Crippen LogP contribution in [0.2, 0.25) is 0 Å². The maximum Gasteiger partial charge on any atom is 0.0534 e. The van der Waals surface area contributed by atoms with Crippen molar-refractivity contribution in [2.45, 2.75) is 6.04 Å². The lowest BCUT2D eigenvalue weighted by molar-refractivity contribution is -0.0441. The first-order valence-corrected chi connectivity index (χ1v) is 4.26. The van der Waals surface area contributed by atoms with Gasteiger partial charge < -0.3 is 10.5 Å². The molecule has 0 spiro atoms. The molecule has 0 radical (unpaired) electrons. The molecule has 2 nitrogen and oxygen atoms in total. The first-order chi connectivity index (χ1) is 5.88. The lowest BCUT2D eigenvalue weighted by atomic mass is 9.93. The van der Waals surface area contributed by atoms with Gasteiger partial charge in [-0.1, -0.05) is 30.3 Å². The van der Waals surface area contributed by atoms with Crippen molar-refractivity contribution in [2.75, 3.05) is 13.2 Å². The highest BCUT2D eigenvalue weighted by Gasteiger charge is 2.26. The van der Waals surface area contributed by atoms with Gasteiger partial charge in [0.05, 0.1) is 13.2 Å². The van der Waals surface area contributed by atoms with Gasteiger partial charge in [0.1, 0.15) is 0 Å². The Hall–Kier alpha value is -0.860. The van der Waals surface area contributed by atoms with Crippen LogP contribution in [-0.2, 0) is 4.74 Å². The van der Waals surface area contributed by atoms with Crippen LogP contribution in [0, 0.1) is 5.92 Å². The fraction of sp³-hybridized carbons (Fsp3) is 0.400. The number of rotatable bonds is 2. The zero-order chi connectivity index (χ0) is 8.39. The number of benzene rings is 1. The maximum absolute atomic E-state index is 6.02. The second-order valence-corrected chi connectivity index (χ2v) is 3.23. The number of hydrogen-bond acceptors (Lipinski definition) is 2. The van der Waals surface area contributed by atoms with Gasteiger partial charge >= 0.3 is 0 Å². The minimum atomic E-state index is 0.153. The van der Waals surface area contributed by atoms with E-state index in [-0.39, 0.29) is 6.04 Å². The van der Waals surface area contributed by atoms with E-state index >= 15 is 0 Å². The monoisotopic (exact) mass is 163 g/mol. The average Bonchev–Trinajstić information content (AvgIpc) is 2.03. The predicted molar refractivity (Wildman–Crippen MR) is 47.7 cm³/mol. The summed E-state index contributed by atoms with van der Waals surface area (Å²) in [5.41, 5.74) is 7.23. The third kappa shape index (κ3) is 1.36. The molecule has 1 atom stereocenters. The van der Waals surface area contributed by atoms with Gasteiger partial charge in [-0.15, -0.1) is 0 Å². The summed E-state index contributed by atoms with van der Waals surface area (Å²) in [5.74, 6) is 0.521. The molecule has 2 rings (SSSR count). The van der Waals surface area contributed by atoms with Crippen LogP contribution in [-0.4, -0.2) is 13.2 Å². The molecule has 1 aliphatic rings. The van der Waals surface area contributed by atoms with Crippen molar-refractivity contribution in [3.63, 3.8) is 0 Å². The highest BCUT2D eigenvalue weighted by molar-refractivity contribution is 5.19. The minimum Gasteiger partial charge on any atom is -0.381 e. The molecule has 0 aliphatic carbocycles. The fourth-order valence-electron chi connectivity index (χ4n) is 1.41. The molecule has 12 heavy (non-hydrogen) atoms. The van der Waals surface area contributed by atoms with Crippen LogP contribution in [0.3, 0.4) is 0 Å². The third-order valence-electron chi connectivity index (χ3n) is 2.36. The standard InChI is InChI=1S/C10H13NO/c11-10(9-6-12-7-9)8-4-2-1-3-5-8/h1-5,9-10H,6-7,11H2/t10-/m0/s1. The summed E-state index contributed by atoms with van der Waals surface area (Å²) in [6, 6.07) is 10.4. The molecule has 1 heterocycles. The van der Waals surface area contributed by atoms with Crippen LogP contribution in [0.5, 0.6) is 0 Å². The minimum absolute atomic E-state index is 0.153. The van der Waals surface area contributed by atoms with Crippen LogP contribution < -0.4 is 5.73 Å². The SMILES string of the molecule is N[C@@H](c1ccccc1)C1COC1. The van der Waals surface area contributed by atoms with E-state index in [0.717, 1.165) is 13.2 Å². The summed E-state index contributed by atoms with van der Waals surface area (Å²) >= 11 is 0. The van der Waals surface area contributed by atoms with Gasteiger partial charge in [0.15, 0.2) is 0 Å². The Morgan fingerprint density at radius 2 is 1.92 bits per heavy atom. The molecule has 0 aromatic heterocycles. The van der Waals surface area contributed by atoms with Gasteiger partial charge in [-0.3, -0.25) is 0 Å². The van der Waals surface area contributed by atoms with Crippen molar-refractivity contribution >= 4 is 0 Å². The van der Waals surface area contributed by atoms with Gasteiger partial charge in [0, 0.05) is 12.0 Å². The molecular weight excluding hydrogens is 150 g/mol. The lowest BCUT2D eigenvalue weighted by Crippen LogP contribution is -2.37. The topological polar surface area (TPSA) is 35.2 Å². The number of nitrogens with two attached hydrogens (primary N) is 1. The summed E-state index contributed by atoms with van der Waals surface area (Å²) in [4.78, 5) is 0. The molecule has 1 saturated heterocycles. The highest BCUT2D eigenvalue weighted by Crippen LogP contribution is 2.25. The summed E-state index contributed by atoms with van der Waals surface area (Å²) in [6.07, 6.45) is 0. The van der Waals surface area contributed by atoms with Gasteiger partial charge in [-0.05, 0) is 5.56 Å². The van der Waals surface area contributed by atoms with E-state index in [1.54, 1.807) is 0 Å². The molecule has 1 aromatic rings. The van der Waals surface area contributed by atoms with Crippen LogP contribution >= 0.6 is 0 Å². The summed E-state index contributed by atoms with van der Waals surface area (Å²) in [6.45, 7) is 1.63. The third-order valence-corrected chi connectivity index (χ3v) is 2.36. The lowest BCUT2D eigenvalue weighted by Gasteiger charge is -2.31. The van der Waals surface area contributed by atoms with E-state index in [9.17, 15) is 0 Å². The number of ether oxygens (including phenoxy) is 1. The Kier molecular flexibility index (Phi) is 2.11. The summed E-state index contributed by atoms with van der Waals surface area (Å²) < 4.78 is 5.10. The summed E-state index contributed by atoms with van der Waals surface area (Å²) in [7, 11) is 0. The van der Waals surface area contributed by atoms with E-state index in [0.29, 0.717) is 5.92 Å². The number of hydrogen-bond donors (Lipinski definition) is 1. The Balaban J connectivity index is 2.08. The largest absolute Gasteiger partial charge is 0.381 e. The van der Waals surface area contributed by atoms with Crippen LogP contribution in [0.15, 0.2) is 30.3 Å². The molecule has 2 heteroatoms. The van der Waals surface area contributed by atoms with Gasteiger partial charge in [0.25, 0.3) is 0 Å². The quantitative estimate of drug-likeness (QED) is 0.714. The Morgan fingerprint density at radius 1 is 1.25 bits per heavy atom. The highest BCUT2D eigenvalue weighted by atomic mass is 16.5. The van der Waals surface area contributed by atoms with Crippen molar-refractivity contribution in [2.24, 2.45) is 11.7 Å². The zero-order valence-electron chi connectivity index (χ0n) is 6.94. The molecule has 2 N–H and O–H groups in total. The van der Waals surface area contributed by atoms with E-state index in [1.165, 1.54) is 5.56 Å². The van der Waals surface area contributed by atoms with Crippen molar-refractivity contribution in [1.82, 2.24) is 0 Å². The normalized spacial score (nSPS) is 20.1. The molecular formula is C10H13NO. The first-order valence-electron chi connectivity index (χ1n) is 4.26. The van der Waals surface area contributed by atoms with Crippen molar-refractivity contribution in [1.29, 1.82) is 0 Å². The van der Waals surface area contributed by atoms with Gasteiger partial charge in [-0.2, -0.15) is 0 Å². The van der Waals surface area contributed by atoms with E-state index in [1.807, 2.05) is 18.2 Å². The van der Waals surface area contributed by atoms with Crippen molar-refractivity contribution in [3.05, 3.63) is 35.9 Å². The molecule has 1 aromatic carbocycles. The van der Waals surface area contributed by atoms with Crippen LogP contribution in [0.1, 0.15) is 11.6 Å². The van der Waals surface area contributed by atoms with E-state index < -0.39 is 0 Å². The average molecular weight is 163 g/mol. The molecule has 0 unspecified atom stereocenters. The molecule has 1 aliphatic heterocycles. The van der Waals surface area contributed by atoms with Crippen LogP contribution in [0.25, 0.3) is 0 Å². The molecule has 0 bridgehead atoms. The first kappa shape index (κ1) is 7.77. The second-order valence-electron chi connectivity index (χ2n) is 3.23. The van der Waals surface area contributed by atoms with E-state index in [4.69, 9.17) is 10.5 Å². The van der Waals surface area contributed by atoms with Crippen molar-refractivity contribution < 1.29 is 4.74 Å². The second kappa shape index (κ2) is 3.25. The Labute approximate surface area is 72.3 Å². The van der Waals surface area contributed by atoms with Gasteiger partial charge in [-0.25, -0.2) is 0 Å². The van der Waals surface area contributed by atoms with Gasteiger partial charge in [0.2, 0.25) is 0 Å². The Morgan fingerprint density at radius 3 is 2.42 bits per heavy atom. The maximum atomic E-state index is 6.02. The summed E-state index contributed by atoms with van der Waals surface area (Å²) in [5, 5.41) is 0. The van der Waals surface area contributed by atoms with Crippen LogP contribution in [0.4, 0.5) is 0 Å². The van der Waals surface area contributed by atoms with Crippen molar-refractivity contribution in [3.8, 4) is 0 Å². The molecule has 0 amide bonds. The zero-order valence-corrected chi connectivity index (χ0v) is 6.94. The van der Waals surface area contributed by atoms with E-state index in [2.05, 4.69) is 12.1 Å². The fourth-order valence-corrected chi connectivity index (χ4v) is 1.41. The Bertz CT molecular complexity index is 243. The molecule has 0 saturated carbocycles.